The molecule has 0 amide bonds. The Labute approximate surface area is 185 Å². The summed E-state index contributed by atoms with van der Waals surface area (Å²) in [5, 5.41) is 9.02. The van der Waals surface area contributed by atoms with Crippen LogP contribution in [-0.2, 0) is 0 Å². The number of aromatic nitrogens is 4. The lowest BCUT2D eigenvalue weighted by molar-refractivity contribution is 0.853. The molecule has 0 aliphatic rings. The van der Waals surface area contributed by atoms with E-state index >= 15 is 0 Å². The van der Waals surface area contributed by atoms with Crippen molar-refractivity contribution < 1.29 is 0 Å². The van der Waals surface area contributed by atoms with Crippen LogP contribution in [0.2, 0.25) is 10.0 Å². The van der Waals surface area contributed by atoms with Gasteiger partial charge >= 0.3 is 0 Å². The van der Waals surface area contributed by atoms with Gasteiger partial charge in [0, 0.05) is 39.7 Å². The smallest absolute Gasteiger partial charge is 0.211 e. The van der Waals surface area contributed by atoms with Crippen molar-refractivity contribution in [3.63, 3.8) is 0 Å². The van der Waals surface area contributed by atoms with Crippen LogP contribution in [0, 0.1) is 6.92 Å². The van der Waals surface area contributed by atoms with Gasteiger partial charge in [0.1, 0.15) is 0 Å². The van der Waals surface area contributed by atoms with E-state index in [4.69, 9.17) is 28.2 Å². The summed E-state index contributed by atoms with van der Waals surface area (Å²) in [6.45, 7) is 6.34. The normalized spacial score (nSPS) is 11.5. The molecule has 4 rings (SSSR count). The van der Waals surface area contributed by atoms with Gasteiger partial charge in [-0.05, 0) is 30.6 Å². The first kappa shape index (κ1) is 19.9. The summed E-state index contributed by atoms with van der Waals surface area (Å²) in [5.41, 5.74) is 4.95. The molecule has 0 saturated heterocycles. The molecule has 28 heavy (non-hydrogen) atoms. The van der Waals surface area contributed by atoms with Crippen LogP contribution in [0.15, 0.2) is 40.2 Å². The molecule has 0 atom stereocenters. The van der Waals surface area contributed by atoms with Crippen LogP contribution in [0.1, 0.15) is 19.5 Å². The van der Waals surface area contributed by atoms with Gasteiger partial charge in [-0.1, -0.05) is 54.5 Å². The molecule has 0 aliphatic heterocycles. The molecule has 3 aromatic heterocycles. The highest BCUT2D eigenvalue weighted by molar-refractivity contribution is 8.01. The molecular formula is C19H16Cl2N4S3. The van der Waals surface area contributed by atoms with Gasteiger partial charge in [0.05, 0.1) is 25.6 Å². The lowest BCUT2D eigenvalue weighted by atomic mass is 10.1. The maximum absolute atomic E-state index is 6.24. The number of benzene rings is 1. The fourth-order valence-corrected chi connectivity index (χ4v) is 5.97. The molecule has 0 fully saturated rings. The van der Waals surface area contributed by atoms with Gasteiger partial charge in [-0.2, -0.15) is 5.10 Å². The fourth-order valence-electron chi connectivity index (χ4n) is 2.69. The molecule has 0 spiro atoms. The minimum atomic E-state index is 0.432. The Hall–Kier alpha value is -1.38. The first-order chi connectivity index (χ1) is 13.4. The third-order valence-electron chi connectivity index (χ3n) is 3.96. The highest BCUT2D eigenvalue weighted by Crippen LogP contribution is 2.41. The molecule has 0 bridgehead atoms. The first-order valence-corrected chi connectivity index (χ1v) is 11.8. The zero-order valence-corrected chi connectivity index (χ0v) is 19.3. The largest absolute Gasteiger partial charge is 0.217 e. The SMILES string of the molecule is Cc1nn(-c2nc(-c3ccc(Cl)c(Cl)c3)c(SC(C)C)s2)cc1-c1cnsc1. The quantitative estimate of drug-likeness (QED) is 0.290. The fraction of sp³-hybridized carbons (Fsp3) is 0.211. The van der Waals surface area contributed by atoms with Crippen molar-refractivity contribution in [3.8, 4) is 27.5 Å². The average molecular weight is 467 g/mol. The maximum atomic E-state index is 6.24. The van der Waals surface area contributed by atoms with E-state index in [1.165, 1.54) is 11.5 Å². The van der Waals surface area contributed by atoms with E-state index in [9.17, 15) is 0 Å². The van der Waals surface area contributed by atoms with Crippen molar-refractivity contribution in [2.45, 2.75) is 30.2 Å². The molecule has 3 heterocycles. The Balaban J connectivity index is 1.79. The second-order valence-electron chi connectivity index (χ2n) is 6.41. The van der Waals surface area contributed by atoms with Crippen molar-refractivity contribution in [3.05, 3.63) is 51.7 Å². The molecule has 0 unspecified atom stereocenters. The summed E-state index contributed by atoms with van der Waals surface area (Å²) in [4.78, 5) is 4.89. The van der Waals surface area contributed by atoms with Crippen LogP contribution in [-0.4, -0.2) is 24.4 Å². The standard InChI is InChI=1S/C19H16Cl2N4S3/c1-10(2)27-18-17(12-4-5-15(20)16(21)6-12)23-19(28-18)25-8-14(11(3)24-25)13-7-22-26-9-13/h4-10H,1-3H3. The molecular weight excluding hydrogens is 451 g/mol. The van der Waals surface area contributed by atoms with Gasteiger partial charge in [0.2, 0.25) is 5.13 Å². The average Bonchev–Trinajstić information content (AvgIpc) is 3.36. The Morgan fingerprint density at radius 1 is 1.14 bits per heavy atom. The monoisotopic (exact) mass is 466 g/mol. The van der Waals surface area contributed by atoms with Gasteiger partial charge in [-0.15, -0.1) is 11.8 Å². The van der Waals surface area contributed by atoms with Gasteiger partial charge in [-0.3, -0.25) is 0 Å². The van der Waals surface area contributed by atoms with Crippen LogP contribution < -0.4 is 0 Å². The number of thiazole rings is 1. The molecule has 0 radical (unpaired) electrons. The van der Waals surface area contributed by atoms with Crippen molar-refractivity contribution in [2.24, 2.45) is 0 Å². The number of rotatable bonds is 5. The molecule has 0 aliphatic carbocycles. The van der Waals surface area contributed by atoms with E-state index in [-0.39, 0.29) is 0 Å². The summed E-state index contributed by atoms with van der Waals surface area (Å²) in [6, 6.07) is 5.62. The number of thioether (sulfide) groups is 1. The number of hydrogen-bond acceptors (Lipinski definition) is 6. The van der Waals surface area contributed by atoms with E-state index in [1.807, 2.05) is 47.6 Å². The van der Waals surface area contributed by atoms with Crippen LogP contribution in [0.3, 0.4) is 0 Å². The Morgan fingerprint density at radius 3 is 2.64 bits per heavy atom. The van der Waals surface area contributed by atoms with Crippen LogP contribution in [0.4, 0.5) is 0 Å². The van der Waals surface area contributed by atoms with Crippen LogP contribution in [0.25, 0.3) is 27.5 Å². The zero-order valence-electron chi connectivity index (χ0n) is 15.3. The predicted octanol–water partition coefficient (Wildman–Crippen LogP) is 7.24. The van der Waals surface area contributed by atoms with Crippen LogP contribution >= 0.6 is 57.8 Å². The molecule has 0 saturated carbocycles. The van der Waals surface area contributed by atoms with E-state index in [1.54, 1.807) is 23.1 Å². The minimum Gasteiger partial charge on any atom is -0.217 e. The lowest BCUT2D eigenvalue weighted by Gasteiger charge is -2.05. The van der Waals surface area contributed by atoms with Gasteiger partial charge in [-0.25, -0.2) is 14.0 Å². The highest BCUT2D eigenvalue weighted by atomic mass is 35.5. The summed E-state index contributed by atoms with van der Waals surface area (Å²) < 4.78 is 7.17. The predicted molar refractivity (Wildman–Crippen MR) is 122 cm³/mol. The molecule has 1 aromatic carbocycles. The summed E-state index contributed by atoms with van der Waals surface area (Å²) in [5.74, 6) is 0. The Kier molecular flexibility index (Phi) is 5.81. The minimum absolute atomic E-state index is 0.432. The van der Waals surface area contributed by atoms with E-state index in [2.05, 4.69) is 23.3 Å². The third kappa shape index (κ3) is 4.00. The second-order valence-corrected chi connectivity index (χ2v) is 10.7. The third-order valence-corrected chi connectivity index (χ3v) is 7.54. The number of halogens is 2. The molecule has 4 nitrogen and oxygen atoms in total. The molecule has 9 heteroatoms. The topological polar surface area (TPSA) is 43.6 Å². The Bertz CT molecular complexity index is 1120. The lowest BCUT2D eigenvalue weighted by Crippen LogP contribution is -1.94. The van der Waals surface area contributed by atoms with Gasteiger partial charge in [0.25, 0.3) is 0 Å². The molecule has 144 valence electrons. The molecule has 0 N–H and O–H groups in total. The number of hydrogen-bond donors (Lipinski definition) is 0. The van der Waals surface area contributed by atoms with Crippen molar-refractivity contribution in [1.29, 1.82) is 0 Å². The maximum Gasteiger partial charge on any atom is 0.211 e. The number of aryl methyl sites for hydroxylation is 1. The van der Waals surface area contributed by atoms with Gasteiger partial charge < -0.3 is 0 Å². The summed E-state index contributed by atoms with van der Waals surface area (Å²) in [6.07, 6.45) is 3.88. The van der Waals surface area contributed by atoms with E-state index < -0.39 is 0 Å². The van der Waals surface area contributed by atoms with Crippen molar-refractivity contribution in [1.82, 2.24) is 19.1 Å². The van der Waals surface area contributed by atoms with Gasteiger partial charge in [0.15, 0.2) is 0 Å². The molecule has 4 aromatic rings. The second kappa shape index (κ2) is 8.16. The van der Waals surface area contributed by atoms with Crippen LogP contribution in [0.5, 0.6) is 0 Å². The Morgan fingerprint density at radius 2 is 1.96 bits per heavy atom. The van der Waals surface area contributed by atoms with Crippen molar-refractivity contribution in [2.75, 3.05) is 0 Å². The summed E-state index contributed by atoms with van der Waals surface area (Å²) in [7, 11) is 0. The number of nitrogens with zero attached hydrogens (tertiary/aromatic N) is 4. The summed E-state index contributed by atoms with van der Waals surface area (Å²) >= 11 is 17.2. The zero-order chi connectivity index (χ0) is 19.8. The van der Waals surface area contributed by atoms with Crippen molar-refractivity contribution >= 4 is 57.8 Å². The first-order valence-electron chi connectivity index (χ1n) is 8.51. The van der Waals surface area contributed by atoms with E-state index in [0.29, 0.717) is 15.3 Å². The van der Waals surface area contributed by atoms with E-state index in [0.717, 1.165) is 37.4 Å². The highest BCUT2D eigenvalue weighted by Gasteiger charge is 2.19.